The van der Waals surface area contributed by atoms with Gasteiger partial charge in [0.2, 0.25) is 5.91 Å². The molecule has 2 aliphatic rings. The second-order valence-corrected chi connectivity index (χ2v) is 6.95. The molecule has 2 rings (SSSR count). The molecule has 2 N–H and O–H groups in total. The quantitative estimate of drug-likeness (QED) is 0.698. The predicted molar refractivity (Wildman–Crippen MR) is 88.9 cm³/mol. The van der Waals surface area contributed by atoms with Crippen LogP contribution in [-0.4, -0.2) is 62.3 Å². The zero-order valence-corrected chi connectivity index (χ0v) is 14.3. The van der Waals surface area contributed by atoms with Crippen LogP contribution in [0.3, 0.4) is 0 Å². The lowest BCUT2D eigenvalue weighted by atomic mass is 9.93. The smallest absolute Gasteiger partial charge is 0.220 e. The molecule has 2 saturated heterocycles. The molecule has 0 bridgehead atoms. The highest BCUT2D eigenvalue weighted by molar-refractivity contribution is 5.75. The average Bonchev–Trinajstić information content (AvgIpc) is 2.50. The third-order valence-corrected chi connectivity index (χ3v) is 4.71. The standard InChI is InChI=1S/C17H33N3O2/c1-14-12-20(13-15(2)22-14)11-3-8-19-17(21)5-4-16-6-9-18-10-7-16/h14-16,18H,3-13H2,1-2H3,(H,19,21). The summed E-state index contributed by atoms with van der Waals surface area (Å²) in [4.78, 5) is 14.3. The van der Waals surface area contributed by atoms with Crippen molar-refractivity contribution in [1.29, 1.82) is 0 Å². The van der Waals surface area contributed by atoms with Crippen LogP contribution in [0.25, 0.3) is 0 Å². The van der Waals surface area contributed by atoms with Crippen LogP contribution in [0, 0.1) is 5.92 Å². The van der Waals surface area contributed by atoms with Crippen molar-refractivity contribution in [3.8, 4) is 0 Å². The topological polar surface area (TPSA) is 53.6 Å². The van der Waals surface area contributed by atoms with Gasteiger partial charge in [-0.2, -0.15) is 0 Å². The number of morpholine rings is 1. The summed E-state index contributed by atoms with van der Waals surface area (Å²) in [5.74, 6) is 0.963. The molecule has 1 amide bonds. The lowest BCUT2D eigenvalue weighted by Gasteiger charge is -2.35. The number of carbonyl (C=O) groups is 1. The molecule has 0 aromatic rings. The van der Waals surface area contributed by atoms with E-state index in [1.807, 2.05) is 0 Å². The Bertz CT molecular complexity index is 322. The fraction of sp³-hybridized carbons (Fsp3) is 0.941. The van der Waals surface area contributed by atoms with Gasteiger partial charge in [-0.25, -0.2) is 0 Å². The summed E-state index contributed by atoms with van der Waals surface area (Å²) in [5.41, 5.74) is 0. The van der Waals surface area contributed by atoms with Crippen LogP contribution in [0.4, 0.5) is 0 Å². The second-order valence-electron chi connectivity index (χ2n) is 6.95. The first kappa shape index (κ1) is 17.7. The molecule has 0 spiro atoms. The zero-order valence-electron chi connectivity index (χ0n) is 14.3. The number of carbonyl (C=O) groups excluding carboxylic acids is 1. The van der Waals surface area contributed by atoms with Crippen molar-refractivity contribution in [2.45, 2.75) is 58.2 Å². The first-order valence-electron chi connectivity index (χ1n) is 8.98. The Morgan fingerprint density at radius 1 is 1.23 bits per heavy atom. The molecule has 0 saturated carbocycles. The Kier molecular flexibility index (Phi) is 7.63. The Balaban J connectivity index is 1.49. The van der Waals surface area contributed by atoms with Crippen LogP contribution < -0.4 is 10.6 Å². The third kappa shape index (κ3) is 6.63. The average molecular weight is 311 g/mol. The van der Waals surface area contributed by atoms with Gasteiger partial charge in [-0.05, 0) is 58.5 Å². The lowest BCUT2D eigenvalue weighted by Crippen LogP contribution is -2.46. The van der Waals surface area contributed by atoms with E-state index in [4.69, 9.17) is 4.74 Å². The Labute approximate surface area is 135 Å². The Hall–Kier alpha value is -0.650. The minimum absolute atomic E-state index is 0.224. The van der Waals surface area contributed by atoms with Crippen molar-refractivity contribution in [3.63, 3.8) is 0 Å². The van der Waals surface area contributed by atoms with Gasteiger partial charge >= 0.3 is 0 Å². The van der Waals surface area contributed by atoms with Crippen LogP contribution in [0.2, 0.25) is 0 Å². The molecule has 128 valence electrons. The molecule has 0 radical (unpaired) electrons. The fourth-order valence-electron chi connectivity index (χ4n) is 3.59. The number of hydrogen-bond acceptors (Lipinski definition) is 4. The van der Waals surface area contributed by atoms with E-state index in [-0.39, 0.29) is 5.91 Å². The van der Waals surface area contributed by atoms with Crippen molar-refractivity contribution >= 4 is 5.91 Å². The molecular weight excluding hydrogens is 278 g/mol. The van der Waals surface area contributed by atoms with Crippen LogP contribution >= 0.6 is 0 Å². The van der Waals surface area contributed by atoms with Crippen molar-refractivity contribution in [2.24, 2.45) is 5.92 Å². The van der Waals surface area contributed by atoms with Gasteiger partial charge in [0, 0.05) is 32.6 Å². The highest BCUT2D eigenvalue weighted by atomic mass is 16.5. The largest absolute Gasteiger partial charge is 0.373 e. The SMILES string of the molecule is CC1CN(CCCNC(=O)CCC2CCNCC2)CC(C)O1. The molecule has 22 heavy (non-hydrogen) atoms. The van der Waals surface area contributed by atoms with Gasteiger partial charge in [-0.3, -0.25) is 9.69 Å². The van der Waals surface area contributed by atoms with Crippen LogP contribution in [0.1, 0.15) is 46.0 Å². The molecule has 2 unspecified atom stereocenters. The summed E-state index contributed by atoms with van der Waals surface area (Å²) in [6, 6.07) is 0. The number of nitrogens with zero attached hydrogens (tertiary/aromatic N) is 1. The lowest BCUT2D eigenvalue weighted by molar-refractivity contribution is -0.121. The summed E-state index contributed by atoms with van der Waals surface area (Å²) < 4.78 is 5.73. The number of ether oxygens (including phenoxy) is 1. The van der Waals surface area contributed by atoms with E-state index in [1.54, 1.807) is 0 Å². The number of rotatable bonds is 7. The monoisotopic (exact) mass is 311 g/mol. The van der Waals surface area contributed by atoms with E-state index >= 15 is 0 Å². The number of amides is 1. The van der Waals surface area contributed by atoms with Gasteiger partial charge in [-0.15, -0.1) is 0 Å². The maximum absolute atomic E-state index is 11.9. The number of piperidine rings is 1. The van der Waals surface area contributed by atoms with E-state index in [9.17, 15) is 4.79 Å². The van der Waals surface area contributed by atoms with Gasteiger partial charge in [0.1, 0.15) is 0 Å². The van der Waals surface area contributed by atoms with Gasteiger partial charge in [0.15, 0.2) is 0 Å². The molecule has 2 heterocycles. The van der Waals surface area contributed by atoms with E-state index in [0.717, 1.165) is 58.0 Å². The van der Waals surface area contributed by atoms with Crippen molar-refractivity contribution < 1.29 is 9.53 Å². The van der Waals surface area contributed by atoms with Gasteiger partial charge < -0.3 is 15.4 Å². The van der Waals surface area contributed by atoms with Crippen molar-refractivity contribution in [1.82, 2.24) is 15.5 Å². The predicted octanol–water partition coefficient (Wildman–Crippen LogP) is 1.38. The van der Waals surface area contributed by atoms with Gasteiger partial charge in [0.05, 0.1) is 12.2 Å². The van der Waals surface area contributed by atoms with E-state index in [1.165, 1.54) is 12.8 Å². The summed E-state index contributed by atoms with van der Waals surface area (Å²) in [7, 11) is 0. The molecule has 0 aliphatic carbocycles. The highest BCUT2D eigenvalue weighted by Gasteiger charge is 2.21. The molecule has 2 aliphatic heterocycles. The third-order valence-electron chi connectivity index (χ3n) is 4.71. The summed E-state index contributed by atoms with van der Waals surface area (Å²) in [6.07, 6.45) is 5.86. The molecule has 0 aromatic heterocycles. The van der Waals surface area contributed by atoms with Crippen molar-refractivity contribution in [3.05, 3.63) is 0 Å². The first-order chi connectivity index (χ1) is 10.6. The summed E-state index contributed by atoms with van der Waals surface area (Å²) >= 11 is 0. The molecule has 5 heteroatoms. The molecule has 0 aromatic carbocycles. The minimum Gasteiger partial charge on any atom is -0.373 e. The van der Waals surface area contributed by atoms with Gasteiger partial charge in [0.25, 0.3) is 0 Å². The summed E-state index contributed by atoms with van der Waals surface area (Å²) in [6.45, 7) is 10.3. The van der Waals surface area contributed by atoms with E-state index < -0.39 is 0 Å². The van der Waals surface area contributed by atoms with E-state index in [0.29, 0.717) is 18.6 Å². The van der Waals surface area contributed by atoms with Crippen LogP contribution in [0.5, 0.6) is 0 Å². The maximum Gasteiger partial charge on any atom is 0.220 e. The molecule has 2 atom stereocenters. The second kappa shape index (κ2) is 9.48. The minimum atomic E-state index is 0.224. The maximum atomic E-state index is 11.9. The summed E-state index contributed by atoms with van der Waals surface area (Å²) in [5, 5.41) is 6.44. The fourth-order valence-corrected chi connectivity index (χ4v) is 3.59. The number of hydrogen-bond donors (Lipinski definition) is 2. The molecule has 5 nitrogen and oxygen atoms in total. The molecular formula is C17H33N3O2. The Morgan fingerprint density at radius 3 is 2.59 bits per heavy atom. The highest BCUT2D eigenvalue weighted by Crippen LogP contribution is 2.17. The van der Waals surface area contributed by atoms with Crippen LogP contribution in [-0.2, 0) is 9.53 Å². The van der Waals surface area contributed by atoms with Gasteiger partial charge in [-0.1, -0.05) is 0 Å². The normalized spacial score (nSPS) is 27.7. The zero-order chi connectivity index (χ0) is 15.8. The number of nitrogens with one attached hydrogen (secondary N) is 2. The van der Waals surface area contributed by atoms with Crippen molar-refractivity contribution in [2.75, 3.05) is 39.3 Å². The Morgan fingerprint density at radius 2 is 1.91 bits per heavy atom. The van der Waals surface area contributed by atoms with E-state index in [2.05, 4.69) is 29.4 Å². The van der Waals surface area contributed by atoms with Crippen LogP contribution in [0.15, 0.2) is 0 Å². The first-order valence-corrected chi connectivity index (χ1v) is 8.98. The molecule has 2 fully saturated rings.